The Morgan fingerprint density at radius 1 is 1.00 bits per heavy atom. The van der Waals surface area contributed by atoms with E-state index in [-0.39, 0.29) is 5.97 Å². The molecule has 0 aliphatic rings. The van der Waals surface area contributed by atoms with E-state index in [0.717, 1.165) is 31.4 Å². The van der Waals surface area contributed by atoms with E-state index in [2.05, 4.69) is 13.8 Å². The van der Waals surface area contributed by atoms with Crippen molar-refractivity contribution in [2.24, 2.45) is 0 Å². The summed E-state index contributed by atoms with van der Waals surface area (Å²) in [5.41, 5.74) is 0. The Morgan fingerprint density at radius 2 is 1.75 bits per heavy atom. The molecule has 0 spiro atoms. The number of rotatable bonds is 9. The highest BCUT2D eigenvalue weighted by Crippen LogP contribution is 2.13. The second-order valence-electron chi connectivity index (χ2n) is 4.11. The zero-order chi connectivity index (χ0) is 12.2. The highest BCUT2D eigenvalue weighted by Gasteiger charge is 2.05. The number of allylic oxidation sites excluding steroid dienone is 2. The number of hydrogen-bond acceptors (Lipinski definition) is 2. The monoisotopic (exact) mass is 226 g/mol. The number of carbonyl (C=O) groups is 1. The van der Waals surface area contributed by atoms with E-state index < -0.39 is 0 Å². The molecule has 0 N–H and O–H groups in total. The molecule has 0 rings (SSSR count). The Balaban J connectivity index is 3.88. The third-order valence-corrected chi connectivity index (χ3v) is 2.41. The second kappa shape index (κ2) is 10.7. The maximum Gasteiger partial charge on any atom is 0.310 e. The van der Waals surface area contributed by atoms with E-state index >= 15 is 0 Å². The van der Waals surface area contributed by atoms with Crippen molar-refractivity contribution >= 4 is 5.97 Å². The van der Waals surface area contributed by atoms with Gasteiger partial charge in [0.1, 0.15) is 5.76 Å². The predicted molar refractivity (Wildman–Crippen MR) is 68.1 cm³/mol. The normalized spacial score (nSPS) is 11.6. The zero-order valence-corrected chi connectivity index (χ0v) is 11.1. The molecule has 2 nitrogen and oxygen atoms in total. The van der Waals surface area contributed by atoms with Crippen LogP contribution in [0.1, 0.15) is 72.1 Å². The summed E-state index contributed by atoms with van der Waals surface area (Å²) in [5.74, 6) is 0.787. The lowest BCUT2D eigenvalue weighted by Crippen LogP contribution is -2.04. The summed E-state index contributed by atoms with van der Waals surface area (Å²) in [6.45, 7) is 6.26. The molecule has 16 heavy (non-hydrogen) atoms. The summed E-state index contributed by atoms with van der Waals surface area (Å²) < 4.78 is 5.33. The molecule has 0 aromatic carbocycles. The van der Waals surface area contributed by atoms with Crippen molar-refractivity contribution in [2.45, 2.75) is 72.1 Å². The first-order valence-electron chi connectivity index (χ1n) is 6.64. The van der Waals surface area contributed by atoms with Crippen LogP contribution in [0.2, 0.25) is 0 Å². The minimum Gasteiger partial charge on any atom is -0.431 e. The summed E-state index contributed by atoms with van der Waals surface area (Å²) in [5, 5.41) is 0. The smallest absolute Gasteiger partial charge is 0.310 e. The van der Waals surface area contributed by atoms with Crippen LogP contribution in [0.3, 0.4) is 0 Å². The van der Waals surface area contributed by atoms with E-state index in [1.165, 1.54) is 19.3 Å². The molecule has 0 saturated carbocycles. The third kappa shape index (κ3) is 8.51. The van der Waals surface area contributed by atoms with Gasteiger partial charge in [-0.15, -0.1) is 0 Å². The Hall–Kier alpha value is -0.790. The van der Waals surface area contributed by atoms with Gasteiger partial charge >= 0.3 is 5.97 Å². The molecule has 0 aliphatic heterocycles. The molecule has 0 aromatic heterocycles. The second-order valence-corrected chi connectivity index (χ2v) is 4.11. The third-order valence-electron chi connectivity index (χ3n) is 2.41. The number of unbranched alkanes of at least 4 members (excludes halogenated alkanes) is 3. The Kier molecular flexibility index (Phi) is 10.2. The Labute approximate surface area is 100 Å². The quantitative estimate of drug-likeness (QED) is 0.326. The van der Waals surface area contributed by atoms with E-state index in [9.17, 15) is 4.79 Å². The lowest BCUT2D eigenvalue weighted by atomic mass is 10.1. The topological polar surface area (TPSA) is 26.3 Å². The standard InChI is InChI=1S/C14H26O2/c1-4-7-8-9-12-13(10-5-2)16-14(15)11-6-3/h10H,4-9,11-12H2,1-3H3/b13-10-. The highest BCUT2D eigenvalue weighted by atomic mass is 16.5. The SMILES string of the molecule is CC/C=C(/CCCCCC)OC(=O)CCC. The van der Waals surface area contributed by atoms with E-state index in [1.807, 2.05) is 13.0 Å². The van der Waals surface area contributed by atoms with Crippen molar-refractivity contribution in [3.63, 3.8) is 0 Å². The van der Waals surface area contributed by atoms with Crippen LogP contribution in [-0.2, 0) is 9.53 Å². The summed E-state index contributed by atoms with van der Waals surface area (Å²) in [6, 6.07) is 0. The number of ether oxygens (including phenoxy) is 1. The van der Waals surface area contributed by atoms with Gasteiger partial charge in [-0.25, -0.2) is 0 Å². The molecule has 0 heterocycles. The fourth-order valence-corrected chi connectivity index (χ4v) is 1.55. The van der Waals surface area contributed by atoms with Crippen LogP contribution in [0.25, 0.3) is 0 Å². The Morgan fingerprint density at radius 3 is 2.31 bits per heavy atom. The lowest BCUT2D eigenvalue weighted by molar-refractivity contribution is -0.139. The molecule has 0 aromatic rings. The van der Waals surface area contributed by atoms with Crippen molar-refractivity contribution in [3.8, 4) is 0 Å². The van der Waals surface area contributed by atoms with Crippen molar-refractivity contribution in [1.29, 1.82) is 0 Å². The zero-order valence-electron chi connectivity index (χ0n) is 11.1. The van der Waals surface area contributed by atoms with Gasteiger partial charge in [-0.3, -0.25) is 4.79 Å². The van der Waals surface area contributed by atoms with Gasteiger partial charge in [-0.05, 0) is 25.3 Å². The van der Waals surface area contributed by atoms with Gasteiger partial charge in [0.15, 0.2) is 0 Å². The molecule has 0 aliphatic carbocycles. The molecule has 0 unspecified atom stereocenters. The van der Waals surface area contributed by atoms with Crippen LogP contribution in [0, 0.1) is 0 Å². The van der Waals surface area contributed by atoms with E-state index in [1.54, 1.807) is 0 Å². The lowest BCUT2D eigenvalue weighted by Gasteiger charge is -2.08. The van der Waals surface area contributed by atoms with Gasteiger partial charge in [0.05, 0.1) is 0 Å². The van der Waals surface area contributed by atoms with Crippen LogP contribution in [0.5, 0.6) is 0 Å². The largest absolute Gasteiger partial charge is 0.431 e. The fraction of sp³-hybridized carbons (Fsp3) is 0.786. The summed E-state index contributed by atoms with van der Waals surface area (Å²) in [7, 11) is 0. The average molecular weight is 226 g/mol. The number of hydrogen-bond donors (Lipinski definition) is 0. The van der Waals surface area contributed by atoms with E-state index in [0.29, 0.717) is 6.42 Å². The number of esters is 1. The van der Waals surface area contributed by atoms with Crippen LogP contribution >= 0.6 is 0 Å². The van der Waals surface area contributed by atoms with Crippen molar-refractivity contribution in [3.05, 3.63) is 11.8 Å². The van der Waals surface area contributed by atoms with Crippen molar-refractivity contribution in [2.75, 3.05) is 0 Å². The highest BCUT2D eigenvalue weighted by molar-refractivity contribution is 5.70. The molecule has 0 amide bonds. The Bertz CT molecular complexity index is 207. The van der Waals surface area contributed by atoms with Gasteiger partial charge in [-0.1, -0.05) is 40.0 Å². The molecule has 94 valence electrons. The van der Waals surface area contributed by atoms with Gasteiger partial charge in [0.2, 0.25) is 0 Å². The molecule has 0 saturated heterocycles. The van der Waals surface area contributed by atoms with Crippen LogP contribution in [-0.4, -0.2) is 5.97 Å². The maximum atomic E-state index is 11.4. The van der Waals surface area contributed by atoms with Gasteiger partial charge in [0.25, 0.3) is 0 Å². The minimum absolute atomic E-state index is 0.0855. The molecule has 2 heteroatoms. The summed E-state index contributed by atoms with van der Waals surface area (Å²) in [4.78, 5) is 11.4. The molecule has 0 fully saturated rings. The molecule has 0 bridgehead atoms. The summed E-state index contributed by atoms with van der Waals surface area (Å²) in [6.07, 6.45) is 10.1. The first kappa shape index (κ1) is 15.2. The van der Waals surface area contributed by atoms with Crippen LogP contribution in [0.15, 0.2) is 11.8 Å². The van der Waals surface area contributed by atoms with Gasteiger partial charge in [-0.2, -0.15) is 0 Å². The molecule has 0 radical (unpaired) electrons. The van der Waals surface area contributed by atoms with E-state index in [4.69, 9.17) is 4.74 Å². The predicted octanol–water partition coefficient (Wildman–Crippen LogP) is 4.59. The summed E-state index contributed by atoms with van der Waals surface area (Å²) >= 11 is 0. The van der Waals surface area contributed by atoms with Crippen molar-refractivity contribution in [1.82, 2.24) is 0 Å². The molecular formula is C14H26O2. The van der Waals surface area contributed by atoms with Gasteiger partial charge < -0.3 is 4.74 Å². The first-order chi connectivity index (χ1) is 7.74. The maximum absolute atomic E-state index is 11.4. The van der Waals surface area contributed by atoms with Crippen LogP contribution in [0.4, 0.5) is 0 Å². The average Bonchev–Trinajstić information content (AvgIpc) is 2.25. The fourth-order valence-electron chi connectivity index (χ4n) is 1.55. The number of carbonyl (C=O) groups excluding carboxylic acids is 1. The van der Waals surface area contributed by atoms with Crippen molar-refractivity contribution < 1.29 is 9.53 Å². The van der Waals surface area contributed by atoms with Gasteiger partial charge in [0, 0.05) is 12.8 Å². The molecular weight excluding hydrogens is 200 g/mol. The first-order valence-corrected chi connectivity index (χ1v) is 6.64. The minimum atomic E-state index is -0.0855. The molecule has 0 atom stereocenters. The van der Waals surface area contributed by atoms with Crippen LogP contribution < -0.4 is 0 Å².